The maximum atomic E-state index is 9.71. The molecule has 0 aliphatic rings. The van der Waals surface area contributed by atoms with Crippen molar-refractivity contribution in [3.63, 3.8) is 0 Å². The van der Waals surface area contributed by atoms with Gasteiger partial charge < -0.3 is 14.4 Å². The smallest absolute Gasteiger partial charge is 0.226 e. The number of rotatable bonds is 5. The van der Waals surface area contributed by atoms with Crippen LogP contribution in [0.3, 0.4) is 0 Å². The summed E-state index contributed by atoms with van der Waals surface area (Å²) in [7, 11) is 0. The van der Waals surface area contributed by atoms with Gasteiger partial charge in [0.05, 0.1) is 6.10 Å². The molecule has 0 saturated heterocycles. The van der Waals surface area contributed by atoms with Crippen LogP contribution in [0.25, 0.3) is 0 Å². The number of aliphatic hydroxyl groups excluding tert-OH is 1. The van der Waals surface area contributed by atoms with Crippen LogP contribution in [0.5, 0.6) is 5.75 Å². The van der Waals surface area contributed by atoms with Crippen molar-refractivity contribution in [1.82, 2.24) is 10.1 Å². The van der Waals surface area contributed by atoms with Gasteiger partial charge in [-0.25, -0.2) is 0 Å². The van der Waals surface area contributed by atoms with Crippen LogP contribution in [0.1, 0.15) is 42.8 Å². The van der Waals surface area contributed by atoms with E-state index in [1.165, 1.54) is 0 Å². The minimum absolute atomic E-state index is 0.229. The molecule has 1 unspecified atom stereocenters. The molecule has 0 aliphatic heterocycles. The van der Waals surface area contributed by atoms with Gasteiger partial charge in [0.2, 0.25) is 11.7 Å². The van der Waals surface area contributed by atoms with E-state index < -0.39 is 6.10 Å². The third kappa shape index (κ3) is 3.32. The van der Waals surface area contributed by atoms with Gasteiger partial charge in [0.15, 0.2) is 6.61 Å². The van der Waals surface area contributed by atoms with Crippen molar-refractivity contribution in [2.45, 2.75) is 39.9 Å². The Hall–Kier alpha value is -1.88. The van der Waals surface area contributed by atoms with Gasteiger partial charge in [0, 0.05) is 12.0 Å². The van der Waals surface area contributed by atoms with E-state index in [0.717, 1.165) is 11.1 Å². The van der Waals surface area contributed by atoms with Crippen LogP contribution in [0.4, 0.5) is 0 Å². The van der Waals surface area contributed by atoms with Crippen molar-refractivity contribution in [2.75, 3.05) is 0 Å². The molecule has 0 aliphatic carbocycles. The van der Waals surface area contributed by atoms with Crippen molar-refractivity contribution in [3.8, 4) is 5.75 Å². The summed E-state index contributed by atoms with van der Waals surface area (Å²) in [4.78, 5) is 4.18. The molecule has 1 heterocycles. The molecule has 1 aromatic heterocycles. The first kappa shape index (κ1) is 13.5. The minimum Gasteiger partial charge on any atom is -0.485 e. The van der Waals surface area contributed by atoms with Crippen molar-refractivity contribution < 1.29 is 14.4 Å². The zero-order valence-corrected chi connectivity index (χ0v) is 11.4. The van der Waals surface area contributed by atoms with Gasteiger partial charge in [-0.15, -0.1) is 0 Å². The van der Waals surface area contributed by atoms with E-state index in [2.05, 4.69) is 10.1 Å². The Balaban J connectivity index is 2.12. The maximum Gasteiger partial charge on any atom is 0.226 e. The summed E-state index contributed by atoms with van der Waals surface area (Å²) in [6.07, 6.45) is 0.128. The van der Waals surface area contributed by atoms with Crippen LogP contribution in [-0.2, 0) is 13.0 Å². The summed E-state index contributed by atoms with van der Waals surface area (Å²) in [5, 5.41) is 13.5. The third-order valence-electron chi connectivity index (χ3n) is 2.79. The normalized spacial score (nSPS) is 12.4. The molecule has 5 heteroatoms. The predicted octanol–water partition coefficient (Wildman–Crippen LogP) is 2.57. The molecule has 0 fully saturated rings. The van der Waals surface area contributed by atoms with Crippen LogP contribution in [0, 0.1) is 6.92 Å². The highest BCUT2D eigenvalue weighted by Gasteiger charge is 2.11. The molecule has 2 rings (SSSR count). The summed E-state index contributed by atoms with van der Waals surface area (Å²) in [5.41, 5.74) is 1.83. The number of hydrogen-bond acceptors (Lipinski definition) is 5. The van der Waals surface area contributed by atoms with Crippen molar-refractivity contribution in [3.05, 3.63) is 41.0 Å². The Morgan fingerprint density at radius 1 is 1.42 bits per heavy atom. The average molecular weight is 262 g/mol. The zero-order chi connectivity index (χ0) is 13.8. The Kier molecular flexibility index (Phi) is 4.16. The highest BCUT2D eigenvalue weighted by atomic mass is 16.5. The molecule has 1 aromatic carbocycles. The molecule has 0 spiro atoms. The van der Waals surface area contributed by atoms with Gasteiger partial charge in [-0.2, -0.15) is 4.98 Å². The lowest BCUT2D eigenvalue weighted by Gasteiger charge is -2.13. The Bertz CT molecular complexity index is 549. The monoisotopic (exact) mass is 262 g/mol. The number of ether oxygens (including phenoxy) is 1. The number of nitrogens with zero attached hydrogens (tertiary/aromatic N) is 2. The van der Waals surface area contributed by atoms with Crippen LogP contribution >= 0.6 is 0 Å². The lowest BCUT2D eigenvalue weighted by molar-refractivity contribution is 0.189. The van der Waals surface area contributed by atoms with Gasteiger partial charge in [0.25, 0.3) is 0 Å². The molecule has 0 amide bonds. The van der Waals surface area contributed by atoms with Gasteiger partial charge >= 0.3 is 0 Å². The molecule has 0 saturated carbocycles. The molecule has 0 bridgehead atoms. The summed E-state index contributed by atoms with van der Waals surface area (Å²) >= 11 is 0. The Morgan fingerprint density at radius 2 is 2.21 bits per heavy atom. The third-order valence-corrected chi connectivity index (χ3v) is 2.79. The van der Waals surface area contributed by atoms with Gasteiger partial charge in [-0.3, -0.25) is 0 Å². The maximum absolute atomic E-state index is 9.71. The van der Waals surface area contributed by atoms with E-state index in [0.29, 0.717) is 23.9 Å². The fourth-order valence-corrected chi connectivity index (χ4v) is 1.75. The minimum atomic E-state index is -0.577. The van der Waals surface area contributed by atoms with Crippen LogP contribution in [0.2, 0.25) is 0 Å². The van der Waals surface area contributed by atoms with E-state index >= 15 is 0 Å². The highest BCUT2D eigenvalue weighted by molar-refractivity contribution is 5.38. The second kappa shape index (κ2) is 5.84. The topological polar surface area (TPSA) is 68.4 Å². The van der Waals surface area contributed by atoms with Crippen LogP contribution in [0.15, 0.2) is 22.7 Å². The number of benzene rings is 1. The SMILES string of the molecule is CCc1nc(COc2cc(C)ccc2C(C)O)no1. The second-order valence-corrected chi connectivity index (χ2v) is 4.46. The highest BCUT2D eigenvalue weighted by Crippen LogP contribution is 2.26. The Morgan fingerprint density at radius 3 is 2.84 bits per heavy atom. The summed E-state index contributed by atoms with van der Waals surface area (Å²) < 4.78 is 10.7. The lowest BCUT2D eigenvalue weighted by atomic mass is 10.1. The fourth-order valence-electron chi connectivity index (χ4n) is 1.75. The first-order chi connectivity index (χ1) is 9.10. The Labute approximate surface area is 112 Å². The quantitative estimate of drug-likeness (QED) is 0.896. The fraction of sp³-hybridized carbons (Fsp3) is 0.429. The van der Waals surface area contributed by atoms with E-state index in [1.54, 1.807) is 6.92 Å². The average Bonchev–Trinajstić information content (AvgIpc) is 2.84. The molecular weight excluding hydrogens is 244 g/mol. The molecule has 1 atom stereocenters. The molecular formula is C14H18N2O3. The largest absolute Gasteiger partial charge is 0.485 e. The zero-order valence-electron chi connectivity index (χ0n) is 11.4. The number of aryl methyl sites for hydroxylation is 2. The summed E-state index contributed by atoms with van der Waals surface area (Å²) in [5.74, 6) is 1.76. The van der Waals surface area contributed by atoms with Gasteiger partial charge in [0.1, 0.15) is 5.75 Å². The van der Waals surface area contributed by atoms with E-state index in [9.17, 15) is 5.11 Å². The summed E-state index contributed by atoms with van der Waals surface area (Å²) in [6.45, 7) is 5.86. The molecule has 5 nitrogen and oxygen atoms in total. The first-order valence-electron chi connectivity index (χ1n) is 6.33. The van der Waals surface area contributed by atoms with Crippen molar-refractivity contribution in [1.29, 1.82) is 0 Å². The van der Waals surface area contributed by atoms with E-state index in [-0.39, 0.29) is 6.61 Å². The molecule has 0 radical (unpaired) electrons. The molecule has 19 heavy (non-hydrogen) atoms. The van der Waals surface area contributed by atoms with Gasteiger partial charge in [-0.1, -0.05) is 24.2 Å². The number of aliphatic hydroxyl groups is 1. The standard InChI is InChI=1S/C14H18N2O3/c1-4-14-15-13(16-19-14)8-18-12-7-9(2)5-6-11(12)10(3)17/h5-7,10,17H,4,8H2,1-3H3. The van der Waals surface area contributed by atoms with E-state index in [1.807, 2.05) is 32.0 Å². The number of aromatic nitrogens is 2. The van der Waals surface area contributed by atoms with Crippen LogP contribution < -0.4 is 4.74 Å². The van der Waals surface area contributed by atoms with Crippen molar-refractivity contribution >= 4 is 0 Å². The van der Waals surface area contributed by atoms with E-state index in [4.69, 9.17) is 9.26 Å². The van der Waals surface area contributed by atoms with Gasteiger partial charge in [-0.05, 0) is 25.5 Å². The summed E-state index contributed by atoms with van der Waals surface area (Å²) in [6, 6.07) is 5.70. The molecule has 102 valence electrons. The van der Waals surface area contributed by atoms with Crippen LogP contribution in [-0.4, -0.2) is 15.2 Å². The predicted molar refractivity (Wildman–Crippen MR) is 69.8 cm³/mol. The number of hydrogen-bond donors (Lipinski definition) is 1. The van der Waals surface area contributed by atoms with Crippen molar-refractivity contribution in [2.24, 2.45) is 0 Å². The molecule has 1 N–H and O–H groups in total. The second-order valence-electron chi connectivity index (χ2n) is 4.46. The lowest BCUT2D eigenvalue weighted by Crippen LogP contribution is -2.02. The first-order valence-corrected chi connectivity index (χ1v) is 6.33. The molecule has 2 aromatic rings.